The van der Waals surface area contributed by atoms with Crippen molar-refractivity contribution < 1.29 is 0 Å². The van der Waals surface area contributed by atoms with Crippen LogP contribution in [0.1, 0.15) is 16.7 Å². The van der Waals surface area contributed by atoms with E-state index in [1.165, 1.54) is 42.7 Å². The van der Waals surface area contributed by atoms with E-state index in [4.69, 9.17) is 0 Å². The first-order valence-electron chi connectivity index (χ1n) is 6.25. The first-order valence-corrected chi connectivity index (χ1v) is 6.25. The highest BCUT2D eigenvalue weighted by Crippen LogP contribution is 2.12. The Bertz CT molecular complexity index is 341. The van der Waals surface area contributed by atoms with E-state index < -0.39 is 0 Å². The van der Waals surface area contributed by atoms with Crippen molar-refractivity contribution in [3.8, 4) is 0 Å². The number of hydrogen-bond acceptors (Lipinski definition) is 2. The Balaban J connectivity index is 1.90. The third-order valence-corrected chi connectivity index (χ3v) is 3.41. The SMILES string of the molecule is Cc1ccc(C)c(CCN2CCNCC2)c1. The van der Waals surface area contributed by atoms with Gasteiger partial charge in [0.25, 0.3) is 0 Å². The summed E-state index contributed by atoms with van der Waals surface area (Å²) in [5.74, 6) is 0. The minimum Gasteiger partial charge on any atom is -0.314 e. The Morgan fingerprint density at radius 2 is 1.94 bits per heavy atom. The fraction of sp³-hybridized carbons (Fsp3) is 0.571. The van der Waals surface area contributed by atoms with Gasteiger partial charge in [0.2, 0.25) is 0 Å². The zero-order valence-electron chi connectivity index (χ0n) is 10.4. The summed E-state index contributed by atoms with van der Waals surface area (Å²) in [7, 11) is 0. The van der Waals surface area contributed by atoms with Gasteiger partial charge in [0.05, 0.1) is 0 Å². The molecule has 0 spiro atoms. The van der Waals surface area contributed by atoms with Crippen LogP contribution in [0.25, 0.3) is 0 Å². The highest BCUT2D eigenvalue weighted by atomic mass is 15.2. The minimum atomic E-state index is 1.15. The van der Waals surface area contributed by atoms with Gasteiger partial charge in [-0.2, -0.15) is 0 Å². The summed E-state index contributed by atoms with van der Waals surface area (Å²) in [5, 5.41) is 3.39. The molecular formula is C14H22N2. The van der Waals surface area contributed by atoms with Crippen LogP contribution in [0.2, 0.25) is 0 Å². The molecule has 1 aliphatic heterocycles. The van der Waals surface area contributed by atoms with Crippen molar-refractivity contribution >= 4 is 0 Å². The third-order valence-electron chi connectivity index (χ3n) is 3.41. The molecule has 1 N–H and O–H groups in total. The molecule has 0 bridgehead atoms. The Hall–Kier alpha value is -0.860. The summed E-state index contributed by atoms with van der Waals surface area (Å²) in [6, 6.07) is 6.77. The quantitative estimate of drug-likeness (QED) is 0.831. The lowest BCUT2D eigenvalue weighted by molar-refractivity contribution is 0.244. The molecule has 88 valence electrons. The Morgan fingerprint density at radius 1 is 1.19 bits per heavy atom. The fourth-order valence-corrected chi connectivity index (χ4v) is 2.28. The van der Waals surface area contributed by atoms with E-state index in [0.717, 1.165) is 13.1 Å². The molecule has 0 aliphatic carbocycles. The summed E-state index contributed by atoms with van der Waals surface area (Å²) in [6.45, 7) is 10.3. The molecule has 0 atom stereocenters. The largest absolute Gasteiger partial charge is 0.314 e. The predicted molar refractivity (Wildman–Crippen MR) is 68.9 cm³/mol. The highest BCUT2D eigenvalue weighted by molar-refractivity contribution is 5.30. The van der Waals surface area contributed by atoms with Gasteiger partial charge in [0, 0.05) is 32.7 Å². The van der Waals surface area contributed by atoms with Crippen molar-refractivity contribution in [3.05, 3.63) is 34.9 Å². The first kappa shape index (κ1) is 11.6. The summed E-state index contributed by atoms with van der Waals surface area (Å²) < 4.78 is 0. The maximum atomic E-state index is 3.39. The second-order valence-electron chi connectivity index (χ2n) is 4.77. The number of piperazine rings is 1. The lowest BCUT2D eigenvalue weighted by Crippen LogP contribution is -2.44. The molecular weight excluding hydrogens is 196 g/mol. The topological polar surface area (TPSA) is 15.3 Å². The molecule has 1 aromatic rings. The molecule has 1 heterocycles. The van der Waals surface area contributed by atoms with Gasteiger partial charge >= 0.3 is 0 Å². The maximum Gasteiger partial charge on any atom is 0.0108 e. The van der Waals surface area contributed by atoms with E-state index in [1.54, 1.807) is 0 Å². The van der Waals surface area contributed by atoms with E-state index in [9.17, 15) is 0 Å². The predicted octanol–water partition coefficient (Wildman–Crippen LogP) is 1.75. The van der Waals surface area contributed by atoms with Crippen LogP contribution in [0.15, 0.2) is 18.2 Å². The van der Waals surface area contributed by atoms with E-state index >= 15 is 0 Å². The highest BCUT2D eigenvalue weighted by Gasteiger charge is 2.09. The van der Waals surface area contributed by atoms with E-state index in [-0.39, 0.29) is 0 Å². The van der Waals surface area contributed by atoms with Crippen molar-refractivity contribution in [2.75, 3.05) is 32.7 Å². The smallest absolute Gasteiger partial charge is 0.0108 e. The van der Waals surface area contributed by atoms with Crippen molar-refractivity contribution in [1.82, 2.24) is 10.2 Å². The van der Waals surface area contributed by atoms with Gasteiger partial charge in [-0.05, 0) is 31.4 Å². The van der Waals surface area contributed by atoms with Crippen LogP contribution >= 0.6 is 0 Å². The number of aryl methyl sites for hydroxylation is 2. The van der Waals surface area contributed by atoms with E-state index in [0.29, 0.717) is 0 Å². The van der Waals surface area contributed by atoms with Gasteiger partial charge in [-0.25, -0.2) is 0 Å². The molecule has 0 aromatic heterocycles. The zero-order valence-corrected chi connectivity index (χ0v) is 10.4. The maximum absolute atomic E-state index is 3.39. The summed E-state index contributed by atoms with van der Waals surface area (Å²) in [4.78, 5) is 2.55. The molecule has 2 nitrogen and oxygen atoms in total. The van der Waals surface area contributed by atoms with Gasteiger partial charge in [-0.3, -0.25) is 0 Å². The van der Waals surface area contributed by atoms with E-state index in [1.807, 2.05) is 0 Å². The first-order chi connectivity index (χ1) is 7.75. The van der Waals surface area contributed by atoms with Crippen LogP contribution in [0, 0.1) is 13.8 Å². The number of rotatable bonds is 3. The van der Waals surface area contributed by atoms with Crippen LogP contribution < -0.4 is 5.32 Å². The molecule has 2 rings (SSSR count). The molecule has 16 heavy (non-hydrogen) atoms. The van der Waals surface area contributed by atoms with Gasteiger partial charge in [0.1, 0.15) is 0 Å². The second-order valence-corrected chi connectivity index (χ2v) is 4.77. The number of nitrogens with one attached hydrogen (secondary N) is 1. The molecule has 2 heteroatoms. The molecule has 1 fully saturated rings. The molecule has 0 amide bonds. The van der Waals surface area contributed by atoms with Gasteiger partial charge in [-0.15, -0.1) is 0 Å². The van der Waals surface area contributed by atoms with Crippen molar-refractivity contribution in [3.63, 3.8) is 0 Å². The molecule has 0 saturated carbocycles. The molecule has 1 saturated heterocycles. The lowest BCUT2D eigenvalue weighted by atomic mass is 10.0. The second kappa shape index (κ2) is 5.46. The van der Waals surface area contributed by atoms with E-state index in [2.05, 4.69) is 42.3 Å². The van der Waals surface area contributed by atoms with Crippen molar-refractivity contribution in [2.24, 2.45) is 0 Å². The Morgan fingerprint density at radius 3 is 2.69 bits per heavy atom. The van der Waals surface area contributed by atoms with Gasteiger partial charge in [-0.1, -0.05) is 23.8 Å². The summed E-state index contributed by atoms with van der Waals surface area (Å²) in [5.41, 5.74) is 4.32. The zero-order chi connectivity index (χ0) is 11.4. The molecule has 0 unspecified atom stereocenters. The third kappa shape index (κ3) is 3.06. The van der Waals surface area contributed by atoms with Crippen LogP contribution in [-0.2, 0) is 6.42 Å². The number of hydrogen-bond donors (Lipinski definition) is 1. The minimum absolute atomic E-state index is 1.15. The van der Waals surface area contributed by atoms with Crippen LogP contribution in [0.4, 0.5) is 0 Å². The molecule has 1 aromatic carbocycles. The Labute approximate surface area is 98.7 Å². The number of benzene rings is 1. The average molecular weight is 218 g/mol. The average Bonchev–Trinajstić information content (AvgIpc) is 2.32. The van der Waals surface area contributed by atoms with Crippen LogP contribution in [0.3, 0.4) is 0 Å². The van der Waals surface area contributed by atoms with Crippen molar-refractivity contribution in [2.45, 2.75) is 20.3 Å². The summed E-state index contributed by atoms with van der Waals surface area (Å²) in [6.07, 6.45) is 1.19. The normalized spacial score (nSPS) is 17.6. The summed E-state index contributed by atoms with van der Waals surface area (Å²) >= 11 is 0. The molecule has 1 aliphatic rings. The van der Waals surface area contributed by atoms with Crippen molar-refractivity contribution in [1.29, 1.82) is 0 Å². The fourth-order valence-electron chi connectivity index (χ4n) is 2.28. The van der Waals surface area contributed by atoms with Crippen LogP contribution in [0.5, 0.6) is 0 Å². The number of nitrogens with zero attached hydrogens (tertiary/aromatic N) is 1. The monoisotopic (exact) mass is 218 g/mol. The van der Waals surface area contributed by atoms with Crippen LogP contribution in [-0.4, -0.2) is 37.6 Å². The Kier molecular flexibility index (Phi) is 3.97. The standard InChI is InChI=1S/C14H22N2/c1-12-3-4-13(2)14(11-12)5-8-16-9-6-15-7-10-16/h3-4,11,15H,5-10H2,1-2H3. The lowest BCUT2D eigenvalue weighted by Gasteiger charge is -2.27. The van der Waals surface area contributed by atoms with Gasteiger partial charge in [0.15, 0.2) is 0 Å². The van der Waals surface area contributed by atoms with Gasteiger partial charge < -0.3 is 10.2 Å². The molecule has 0 radical (unpaired) electrons.